The second kappa shape index (κ2) is 8.63. The lowest BCUT2D eigenvalue weighted by molar-refractivity contribution is -0.133. The third-order valence-electron chi connectivity index (χ3n) is 7.14. The second-order valence-corrected chi connectivity index (χ2v) is 9.61. The molecule has 1 aliphatic carbocycles. The molecule has 1 aromatic heterocycles. The minimum Gasteiger partial charge on any atom is -0.351 e. The van der Waals surface area contributed by atoms with Crippen molar-refractivity contribution in [2.45, 2.75) is 64.2 Å². The molecule has 5 rings (SSSR count). The van der Waals surface area contributed by atoms with Crippen LogP contribution in [0.5, 0.6) is 0 Å². The summed E-state index contributed by atoms with van der Waals surface area (Å²) in [6, 6.07) is 17.5. The maximum absolute atomic E-state index is 14.1. The Bertz CT molecular complexity index is 1260. The van der Waals surface area contributed by atoms with Crippen molar-refractivity contribution in [3.05, 3.63) is 65.9 Å². The number of rotatable bonds is 5. The van der Waals surface area contributed by atoms with Crippen LogP contribution in [0.3, 0.4) is 0 Å². The van der Waals surface area contributed by atoms with Gasteiger partial charge in [-0.3, -0.25) is 14.4 Å². The van der Waals surface area contributed by atoms with Crippen LogP contribution in [0.2, 0.25) is 0 Å². The Morgan fingerprint density at radius 1 is 1.03 bits per heavy atom. The van der Waals surface area contributed by atoms with Crippen LogP contribution in [0, 0.1) is 0 Å². The summed E-state index contributed by atoms with van der Waals surface area (Å²) in [7, 11) is 0. The van der Waals surface area contributed by atoms with Crippen LogP contribution in [0.1, 0.15) is 55.6 Å². The van der Waals surface area contributed by atoms with E-state index in [-0.39, 0.29) is 23.8 Å². The molecule has 0 saturated heterocycles. The highest BCUT2D eigenvalue weighted by Gasteiger charge is 2.49. The lowest BCUT2D eigenvalue weighted by atomic mass is 9.93. The van der Waals surface area contributed by atoms with Crippen LogP contribution in [0.4, 0.5) is 5.69 Å². The normalized spacial score (nSPS) is 20.4. The molecule has 176 valence electrons. The SMILES string of the molecule is CC(=O)Nc1c2n(c3ccccc13)CC(C)(C(=O)NC1CCCC1)N(Cc1ccccc1)C2=O. The van der Waals surface area contributed by atoms with Crippen LogP contribution < -0.4 is 10.6 Å². The van der Waals surface area contributed by atoms with E-state index in [1.54, 1.807) is 4.90 Å². The van der Waals surface area contributed by atoms with Gasteiger partial charge in [0.1, 0.15) is 11.2 Å². The molecular formula is C27H30N4O3. The maximum Gasteiger partial charge on any atom is 0.273 e. The number of nitrogens with one attached hydrogen (secondary N) is 2. The molecule has 1 fully saturated rings. The Labute approximate surface area is 199 Å². The molecule has 7 heteroatoms. The molecule has 2 N–H and O–H groups in total. The van der Waals surface area contributed by atoms with Gasteiger partial charge >= 0.3 is 0 Å². The van der Waals surface area contributed by atoms with Gasteiger partial charge < -0.3 is 20.1 Å². The first-order valence-electron chi connectivity index (χ1n) is 11.9. The molecule has 2 aromatic carbocycles. The predicted octanol–water partition coefficient (Wildman–Crippen LogP) is 4.07. The number of amides is 3. The van der Waals surface area contributed by atoms with Crippen molar-refractivity contribution >= 4 is 34.3 Å². The van der Waals surface area contributed by atoms with E-state index in [0.29, 0.717) is 24.5 Å². The summed E-state index contributed by atoms with van der Waals surface area (Å²) >= 11 is 0. The number of carbonyl (C=O) groups is 3. The molecule has 2 aliphatic rings. The van der Waals surface area contributed by atoms with Crippen molar-refractivity contribution in [1.82, 2.24) is 14.8 Å². The highest BCUT2D eigenvalue weighted by Crippen LogP contribution is 2.39. The third kappa shape index (κ3) is 3.75. The van der Waals surface area contributed by atoms with Gasteiger partial charge in [-0.1, -0.05) is 61.4 Å². The zero-order valence-electron chi connectivity index (χ0n) is 19.6. The fraction of sp³-hybridized carbons (Fsp3) is 0.370. The van der Waals surface area contributed by atoms with E-state index in [2.05, 4.69) is 10.6 Å². The average Bonchev–Trinajstić information content (AvgIpc) is 3.44. The van der Waals surface area contributed by atoms with Crippen molar-refractivity contribution in [1.29, 1.82) is 0 Å². The van der Waals surface area contributed by atoms with E-state index >= 15 is 0 Å². The van der Waals surface area contributed by atoms with E-state index in [9.17, 15) is 14.4 Å². The first-order chi connectivity index (χ1) is 16.4. The van der Waals surface area contributed by atoms with Gasteiger partial charge in [-0.2, -0.15) is 0 Å². The molecule has 1 aliphatic heterocycles. The highest BCUT2D eigenvalue weighted by molar-refractivity contribution is 6.14. The molecule has 0 bridgehead atoms. The van der Waals surface area contributed by atoms with Crippen molar-refractivity contribution in [3.63, 3.8) is 0 Å². The Balaban J connectivity index is 1.64. The third-order valence-corrected chi connectivity index (χ3v) is 7.14. The molecule has 3 aromatic rings. The van der Waals surface area contributed by atoms with Gasteiger partial charge in [-0.05, 0) is 31.4 Å². The number of hydrogen-bond acceptors (Lipinski definition) is 3. The van der Waals surface area contributed by atoms with Crippen LogP contribution >= 0.6 is 0 Å². The molecule has 1 unspecified atom stereocenters. The van der Waals surface area contributed by atoms with E-state index in [1.165, 1.54) is 6.92 Å². The fourth-order valence-corrected chi connectivity index (χ4v) is 5.36. The summed E-state index contributed by atoms with van der Waals surface area (Å²) < 4.78 is 1.90. The molecule has 0 spiro atoms. The van der Waals surface area contributed by atoms with Gasteiger partial charge in [0.2, 0.25) is 11.8 Å². The number of fused-ring (bicyclic) bond motifs is 3. The standard InChI is InChI=1S/C27H30N4O3/c1-18(32)28-23-21-14-8-9-15-22(21)30-17-27(2,26(34)29-20-12-6-7-13-20)31(25(33)24(23)30)16-19-10-4-3-5-11-19/h3-5,8-11,14-15,20H,6-7,12-13,16-17H2,1-2H3,(H,28,32)(H,29,34). The van der Waals surface area contributed by atoms with Gasteiger partial charge in [-0.25, -0.2) is 0 Å². The number of anilines is 1. The number of benzene rings is 2. The van der Waals surface area contributed by atoms with E-state index < -0.39 is 5.54 Å². The number of aromatic nitrogens is 1. The minimum atomic E-state index is -1.09. The summed E-state index contributed by atoms with van der Waals surface area (Å²) in [5, 5.41) is 6.90. The quantitative estimate of drug-likeness (QED) is 0.605. The van der Waals surface area contributed by atoms with Crippen molar-refractivity contribution in [3.8, 4) is 0 Å². The molecule has 0 radical (unpaired) electrons. The van der Waals surface area contributed by atoms with E-state index in [4.69, 9.17) is 0 Å². The molecule has 7 nitrogen and oxygen atoms in total. The summed E-state index contributed by atoms with van der Waals surface area (Å²) in [4.78, 5) is 41.6. The Kier molecular flexibility index (Phi) is 5.63. The summed E-state index contributed by atoms with van der Waals surface area (Å²) in [5.41, 5.74) is 1.61. The Hall–Kier alpha value is -3.61. The highest BCUT2D eigenvalue weighted by atomic mass is 16.2. The zero-order valence-corrected chi connectivity index (χ0v) is 19.6. The number of nitrogens with zero attached hydrogens (tertiary/aromatic N) is 2. The predicted molar refractivity (Wildman–Crippen MR) is 131 cm³/mol. The van der Waals surface area contributed by atoms with E-state index in [1.807, 2.05) is 66.1 Å². The monoisotopic (exact) mass is 458 g/mol. The van der Waals surface area contributed by atoms with Crippen molar-refractivity contribution in [2.24, 2.45) is 0 Å². The van der Waals surface area contributed by atoms with Crippen LogP contribution in [0.15, 0.2) is 54.6 Å². The van der Waals surface area contributed by atoms with Crippen LogP contribution in [-0.2, 0) is 22.7 Å². The number of para-hydroxylation sites is 1. The lowest BCUT2D eigenvalue weighted by Gasteiger charge is -2.44. The smallest absolute Gasteiger partial charge is 0.273 e. The molecule has 3 amide bonds. The van der Waals surface area contributed by atoms with Crippen molar-refractivity contribution < 1.29 is 14.4 Å². The van der Waals surface area contributed by atoms with Gasteiger partial charge in [0.25, 0.3) is 5.91 Å². The van der Waals surface area contributed by atoms with Gasteiger partial charge in [0.15, 0.2) is 0 Å². The Morgan fingerprint density at radius 3 is 2.41 bits per heavy atom. The first-order valence-corrected chi connectivity index (χ1v) is 11.9. The topological polar surface area (TPSA) is 83.4 Å². The largest absolute Gasteiger partial charge is 0.351 e. The molecule has 2 heterocycles. The van der Waals surface area contributed by atoms with Gasteiger partial charge in [0.05, 0.1) is 17.7 Å². The lowest BCUT2D eigenvalue weighted by Crippen LogP contribution is -2.64. The van der Waals surface area contributed by atoms with Crippen molar-refractivity contribution in [2.75, 3.05) is 5.32 Å². The first kappa shape index (κ1) is 22.2. The molecular weight excluding hydrogens is 428 g/mol. The van der Waals surface area contributed by atoms with Crippen LogP contribution in [0.25, 0.3) is 10.9 Å². The number of carbonyl (C=O) groups excluding carboxylic acids is 3. The molecule has 1 atom stereocenters. The summed E-state index contributed by atoms with van der Waals surface area (Å²) in [5.74, 6) is -0.638. The summed E-state index contributed by atoms with van der Waals surface area (Å²) in [6.07, 6.45) is 4.17. The fourth-order valence-electron chi connectivity index (χ4n) is 5.36. The zero-order chi connectivity index (χ0) is 23.9. The second-order valence-electron chi connectivity index (χ2n) is 9.61. The van der Waals surface area contributed by atoms with Crippen LogP contribution in [-0.4, -0.2) is 38.8 Å². The molecule has 34 heavy (non-hydrogen) atoms. The average molecular weight is 459 g/mol. The van der Waals surface area contributed by atoms with E-state index in [0.717, 1.165) is 42.1 Å². The van der Waals surface area contributed by atoms with Gasteiger partial charge in [0, 0.05) is 24.9 Å². The minimum absolute atomic E-state index is 0.131. The summed E-state index contributed by atoms with van der Waals surface area (Å²) in [6.45, 7) is 3.90. The number of hydrogen-bond donors (Lipinski definition) is 2. The Morgan fingerprint density at radius 2 is 1.71 bits per heavy atom. The molecule has 1 saturated carbocycles. The maximum atomic E-state index is 14.1. The van der Waals surface area contributed by atoms with Gasteiger partial charge in [-0.15, -0.1) is 0 Å².